The van der Waals surface area contributed by atoms with Gasteiger partial charge in [0.05, 0.1) is 13.5 Å². The van der Waals surface area contributed by atoms with Gasteiger partial charge in [-0.3, -0.25) is 4.79 Å². The van der Waals surface area contributed by atoms with Crippen LogP contribution in [-0.4, -0.2) is 23.2 Å². The Balaban J connectivity index is 2.20. The Morgan fingerprint density at radius 2 is 2.44 bits per heavy atom. The second kappa shape index (κ2) is 4.51. The normalized spacial score (nSPS) is 16.8. The van der Waals surface area contributed by atoms with Crippen LogP contribution in [0.3, 0.4) is 0 Å². The van der Waals surface area contributed by atoms with Gasteiger partial charge in [-0.25, -0.2) is 4.98 Å². The molecule has 1 fully saturated rings. The van der Waals surface area contributed by atoms with Crippen molar-refractivity contribution in [3.05, 3.63) is 23.9 Å². The number of pyridine rings is 1. The molecule has 0 spiro atoms. The lowest BCUT2D eigenvalue weighted by Gasteiger charge is -2.14. The first-order chi connectivity index (χ1) is 7.70. The quantitative estimate of drug-likeness (QED) is 0.826. The molecule has 86 valence electrons. The lowest BCUT2D eigenvalue weighted by Crippen LogP contribution is -2.08. The summed E-state index contributed by atoms with van der Waals surface area (Å²) in [4.78, 5) is 14.9. The van der Waals surface area contributed by atoms with Gasteiger partial charge in [0, 0.05) is 12.3 Å². The number of hydrogen-bond acceptors (Lipinski definition) is 3. The number of hydrogen-bond donors (Lipinski definition) is 1. The highest BCUT2D eigenvalue weighted by atomic mass is 16.5. The number of aliphatic carboxylic acids is 1. The van der Waals surface area contributed by atoms with Gasteiger partial charge in [0.15, 0.2) is 0 Å². The molecule has 1 unspecified atom stereocenters. The number of carboxylic acid groups (broad SMARTS) is 1. The third-order valence-electron chi connectivity index (χ3n) is 2.98. The van der Waals surface area contributed by atoms with Gasteiger partial charge in [-0.15, -0.1) is 0 Å². The minimum atomic E-state index is -0.743. The average Bonchev–Trinajstić information content (AvgIpc) is 3.09. The summed E-state index contributed by atoms with van der Waals surface area (Å²) in [5.74, 6) is 0.429. The maximum atomic E-state index is 10.8. The molecular weight excluding hydrogens is 206 g/mol. The summed E-state index contributed by atoms with van der Waals surface area (Å²) in [6, 6.07) is 3.72. The van der Waals surface area contributed by atoms with Crippen LogP contribution < -0.4 is 4.74 Å². The van der Waals surface area contributed by atoms with Crippen LogP contribution in [0, 0.1) is 5.92 Å². The van der Waals surface area contributed by atoms with Crippen molar-refractivity contribution in [1.29, 1.82) is 0 Å². The zero-order valence-corrected chi connectivity index (χ0v) is 9.22. The zero-order chi connectivity index (χ0) is 11.5. The molecule has 1 heterocycles. The van der Waals surface area contributed by atoms with E-state index in [1.54, 1.807) is 13.3 Å². The van der Waals surface area contributed by atoms with Gasteiger partial charge >= 0.3 is 5.97 Å². The van der Waals surface area contributed by atoms with Gasteiger partial charge in [-0.05, 0) is 36.3 Å². The molecule has 4 heteroatoms. The summed E-state index contributed by atoms with van der Waals surface area (Å²) in [6.07, 6.45) is 4.12. The molecule has 1 aromatic rings. The van der Waals surface area contributed by atoms with Crippen molar-refractivity contribution in [1.82, 2.24) is 4.98 Å². The average molecular weight is 221 g/mol. The molecule has 1 saturated carbocycles. The summed E-state index contributed by atoms with van der Waals surface area (Å²) < 4.78 is 5.05. The Morgan fingerprint density at radius 3 is 3.00 bits per heavy atom. The van der Waals surface area contributed by atoms with E-state index in [-0.39, 0.29) is 12.3 Å². The highest BCUT2D eigenvalue weighted by Crippen LogP contribution is 2.44. The van der Waals surface area contributed by atoms with Crippen molar-refractivity contribution in [3.63, 3.8) is 0 Å². The molecular formula is C12H15NO3. The number of aromatic nitrogens is 1. The van der Waals surface area contributed by atoms with Crippen LogP contribution in [0.2, 0.25) is 0 Å². The maximum Gasteiger partial charge on any atom is 0.303 e. The molecule has 0 bridgehead atoms. The molecule has 0 aliphatic heterocycles. The first-order valence-corrected chi connectivity index (χ1v) is 5.42. The lowest BCUT2D eigenvalue weighted by atomic mass is 9.92. The van der Waals surface area contributed by atoms with E-state index in [9.17, 15) is 4.79 Å². The molecule has 1 aliphatic rings. The summed E-state index contributed by atoms with van der Waals surface area (Å²) >= 11 is 0. The molecule has 1 atom stereocenters. The molecule has 0 radical (unpaired) electrons. The first-order valence-electron chi connectivity index (χ1n) is 5.42. The van der Waals surface area contributed by atoms with Crippen LogP contribution in [0.15, 0.2) is 18.3 Å². The summed E-state index contributed by atoms with van der Waals surface area (Å²) in [5.41, 5.74) is 1.02. The summed E-state index contributed by atoms with van der Waals surface area (Å²) in [7, 11) is 1.56. The molecule has 4 nitrogen and oxygen atoms in total. The van der Waals surface area contributed by atoms with E-state index in [4.69, 9.17) is 9.84 Å². The fourth-order valence-corrected chi connectivity index (χ4v) is 2.01. The number of carbonyl (C=O) groups is 1. The van der Waals surface area contributed by atoms with E-state index in [0.717, 1.165) is 18.4 Å². The van der Waals surface area contributed by atoms with E-state index in [1.807, 2.05) is 12.1 Å². The number of rotatable bonds is 5. The number of ether oxygens (including phenoxy) is 1. The second-order valence-corrected chi connectivity index (χ2v) is 4.17. The predicted octanol–water partition coefficient (Wildman–Crippen LogP) is 2.06. The van der Waals surface area contributed by atoms with Crippen molar-refractivity contribution >= 4 is 5.97 Å². The molecule has 16 heavy (non-hydrogen) atoms. The Bertz CT molecular complexity index is 388. The van der Waals surface area contributed by atoms with Crippen LogP contribution in [0.1, 0.15) is 30.7 Å². The number of methoxy groups -OCH3 is 1. The van der Waals surface area contributed by atoms with Crippen LogP contribution in [-0.2, 0) is 4.79 Å². The third-order valence-corrected chi connectivity index (χ3v) is 2.98. The van der Waals surface area contributed by atoms with Crippen LogP contribution in [0.4, 0.5) is 0 Å². The fourth-order valence-electron chi connectivity index (χ4n) is 2.01. The summed E-state index contributed by atoms with van der Waals surface area (Å²) in [5, 5.41) is 8.90. The van der Waals surface area contributed by atoms with E-state index >= 15 is 0 Å². The number of nitrogens with zero attached hydrogens (tertiary/aromatic N) is 1. The van der Waals surface area contributed by atoms with Crippen molar-refractivity contribution < 1.29 is 14.6 Å². The Labute approximate surface area is 94.3 Å². The Morgan fingerprint density at radius 1 is 1.69 bits per heavy atom. The topological polar surface area (TPSA) is 59.4 Å². The van der Waals surface area contributed by atoms with Gasteiger partial charge in [-0.2, -0.15) is 0 Å². The molecule has 0 amide bonds. The van der Waals surface area contributed by atoms with Crippen molar-refractivity contribution in [2.45, 2.75) is 25.2 Å². The highest BCUT2D eigenvalue weighted by Gasteiger charge is 2.33. The van der Waals surface area contributed by atoms with Crippen LogP contribution in [0.5, 0.6) is 5.88 Å². The van der Waals surface area contributed by atoms with Gasteiger partial charge in [0.1, 0.15) is 0 Å². The third kappa shape index (κ3) is 2.51. The molecule has 2 rings (SSSR count). The standard InChI is InChI=1S/C12H15NO3/c1-16-11-6-9(4-5-13-11)10(7-12(14)15)8-2-3-8/h4-6,8,10H,2-3,7H2,1H3,(H,14,15). The lowest BCUT2D eigenvalue weighted by molar-refractivity contribution is -0.137. The minimum absolute atomic E-state index is 0.106. The Kier molecular flexibility index (Phi) is 3.08. The van der Waals surface area contributed by atoms with Gasteiger partial charge in [0.2, 0.25) is 5.88 Å². The largest absolute Gasteiger partial charge is 0.481 e. The fraction of sp³-hybridized carbons (Fsp3) is 0.500. The van der Waals surface area contributed by atoms with Crippen molar-refractivity contribution in [3.8, 4) is 5.88 Å². The van der Waals surface area contributed by atoms with Crippen molar-refractivity contribution in [2.75, 3.05) is 7.11 Å². The van der Waals surface area contributed by atoms with Gasteiger partial charge < -0.3 is 9.84 Å². The van der Waals surface area contributed by atoms with E-state index in [0.29, 0.717) is 11.8 Å². The Hall–Kier alpha value is -1.58. The predicted molar refractivity (Wildman–Crippen MR) is 58.5 cm³/mol. The van der Waals surface area contributed by atoms with Crippen molar-refractivity contribution in [2.24, 2.45) is 5.92 Å². The van der Waals surface area contributed by atoms with E-state index < -0.39 is 5.97 Å². The minimum Gasteiger partial charge on any atom is -0.481 e. The molecule has 0 saturated heterocycles. The van der Waals surface area contributed by atoms with Crippen LogP contribution >= 0.6 is 0 Å². The molecule has 1 N–H and O–H groups in total. The maximum absolute atomic E-state index is 10.8. The zero-order valence-electron chi connectivity index (χ0n) is 9.22. The van der Waals surface area contributed by atoms with Gasteiger partial charge in [0.25, 0.3) is 0 Å². The summed E-state index contributed by atoms with van der Waals surface area (Å²) in [6.45, 7) is 0. The highest BCUT2D eigenvalue weighted by molar-refractivity contribution is 5.68. The van der Waals surface area contributed by atoms with E-state index in [1.165, 1.54) is 0 Å². The molecule has 0 aromatic carbocycles. The second-order valence-electron chi connectivity index (χ2n) is 4.17. The van der Waals surface area contributed by atoms with Gasteiger partial charge in [-0.1, -0.05) is 0 Å². The van der Waals surface area contributed by atoms with E-state index in [2.05, 4.69) is 4.98 Å². The molecule has 1 aromatic heterocycles. The first kappa shape index (κ1) is 10.9. The molecule has 1 aliphatic carbocycles. The number of carboxylic acids is 1. The smallest absolute Gasteiger partial charge is 0.303 e. The monoisotopic (exact) mass is 221 g/mol. The van der Waals surface area contributed by atoms with Crippen LogP contribution in [0.25, 0.3) is 0 Å². The SMILES string of the molecule is COc1cc(C(CC(=O)O)C2CC2)ccn1.